The zero-order chi connectivity index (χ0) is 46.9. The molecule has 372 valence electrons. The third-order valence-corrected chi connectivity index (χ3v) is 11.9. The molecule has 3 N–H and O–H groups in total. The second-order valence-electron chi connectivity index (χ2n) is 17.2. The number of rotatable bonds is 48. The molecule has 0 aliphatic heterocycles. The highest BCUT2D eigenvalue weighted by Crippen LogP contribution is 2.43. The normalized spacial score (nSPS) is 14.1. The number of ether oxygens (including phenoxy) is 2. The fraction of sp³-hybridized carbons (Fsp3) is 0.774. The smallest absolute Gasteiger partial charge is 0.462 e. The first-order valence-electron chi connectivity index (χ1n) is 25.7. The maximum absolute atomic E-state index is 12.7. The molecule has 3 atom stereocenters. The van der Waals surface area contributed by atoms with Crippen LogP contribution in [0.25, 0.3) is 0 Å². The lowest BCUT2D eigenvalue weighted by molar-refractivity contribution is -0.161. The molecule has 0 aromatic heterocycles. The maximum atomic E-state index is 12.7. The fourth-order valence-corrected chi connectivity index (χ4v) is 7.77. The van der Waals surface area contributed by atoms with Gasteiger partial charge in [0.25, 0.3) is 0 Å². The zero-order valence-corrected chi connectivity index (χ0v) is 41.6. The number of carbonyl (C=O) groups is 2. The molecule has 0 bridgehead atoms. The molecule has 0 rings (SSSR count). The molecule has 0 spiro atoms. The van der Waals surface area contributed by atoms with E-state index >= 15 is 0 Å². The van der Waals surface area contributed by atoms with Gasteiger partial charge in [0, 0.05) is 12.8 Å². The highest BCUT2D eigenvalue weighted by molar-refractivity contribution is 7.47. The third-order valence-electron chi connectivity index (χ3n) is 10.9. The monoisotopic (exact) mass is 923 g/mol. The van der Waals surface area contributed by atoms with Crippen LogP contribution in [-0.4, -0.2) is 65.7 Å². The van der Waals surface area contributed by atoms with E-state index in [4.69, 9.17) is 23.6 Å². The zero-order valence-electron chi connectivity index (χ0n) is 40.7. The van der Waals surface area contributed by atoms with Gasteiger partial charge in [-0.2, -0.15) is 0 Å². The summed E-state index contributed by atoms with van der Waals surface area (Å²) in [6.45, 7) is 2.30. The SMILES string of the molecule is CCCCC/C=C/C/C=C/C/C=C/C/C=C/C/C=C/CCC(=O)OC[C@H](COP(=O)(O)OC[C@@H](O)CO)OC(=O)CCCCCCCCCCCCCCCCCCCCCCCC. The average Bonchev–Trinajstić information content (AvgIpc) is 3.28. The number of esters is 2. The second-order valence-corrected chi connectivity index (χ2v) is 18.7. The first kappa shape index (κ1) is 61.7. The summed E-state index contributed by atoms with van der Waals surface area (Å²) in [6.07, 6.45) is 56.3. The van der Waals surface area contributed by atoms with Crippen LogP contribution in [0.5, 0.6) is 0 Å². The topological polar surface area (TPSA) is 149 Å². The van der Waals surface area contributed by atoms with Crippen LogP contribution in [0.1, 0.15) is 226 Å². The van der Waals surface area contributed by atoms with Gasteiger partial charge in [-0.3, -0.25) is 18.6 Å². The summed E-state index contributed by atoms with van der Waals surface area (Å²) < 4.78 is 32.8. The van der Waals surface area contributed by atoms with Gasteiger partial charge in [-0.15, -0.1) is 0 Å². The Hall–Kier alpha value is -2.33. The fourth-order valence-electron chi connectivity index (χ4n) is 6.98. The predicted molar refractivity (Wildman–Crippen MR) is 265 cm³/mol. The quantitative estimate of drug-likeness (QED) is 0.0233. The molecular formula is C53H95O10P. The van der Waals surface area contributed by atoms with E-state index in [2.05, 4.69) is 62.5 Å². The summed E-state index contributed by atoms with van der Waals surface area (Å²) >= 11 is 0. The lowest BCUT2D eigenvalue weighted by Gasteiger charge is -2.20. The van der Waals surface area contributed by atoms with Crippen LogP contribution in [0.4, 0.5) is 0 Å². The Kier molecular flexibility index (Phi) is 46.8. The van der Waals surface area contributed by atoms with Crippen LogP contribution >= 0.6 is 7.82 Å². The highest BCUT2D eigenvalue weighted by Gasteiger charge is 2.27. The minimum absolute atomic E-state index is 0.118. The molecule has 10 nitrogen and oxygen atoms in total. The largest absolute Gasteiger partial charge is 0.472 e. The average molecular weight is 923 g/mol. The summed E-state index contributed by atoms with van der Waals surface area (Å²) in [5.41, 5.74) is 0. The Balaban J connectivity index is 4.26. The molecule has 11 heteroatoms. The van der Waals surface area contributed by atoms with Crippen molar-refractivity contribution in [1.82, 2.24) is 0 Å². The first-order valence-corrected chi connectivity index (χ1v) is 27.2. The number of carbonyl (C=O) groups excluding carboxylic acids is 2. The molecule has 0 aromatic carbocycles. The summed E-state index contributed by atoms with van der Waals surface area (Å²) in [7, 11) is -4.64. The van der Waals surface area contributed by atoms with Gasteiger partial charge < -0.3 is 24.6 Å². The highest BCUT2D eigenvalue weighted by atomic mass is 31.2. The van der Waals surface area contributed by atoms with Crippen LogP contribution in [0.3, 0.4) is 0 Å². The van der Waals surface area contributed by atoms with Crippen molar-refractivity contribution in [2.45, 2.75) is 238 Å². The Morgan fingerprint density at radius 3 is 1.28 bits per heavy atom. The van der Waals surface area contributed by atoms with E-state index in [9.17, 15) is 24.2 Å². The number of aliphatic hydroxyl groups is 2. The van der Waals surface area contributed by atoms with E-state index in [1.54, 1.807) is 0 Å². The van der Waals surface area contributed by atoms with Gasteiger partial charge in [-0.05, 0) is 51.4 Å². The predicted octanol–water partition coefficient (Wildman–Crippen LogP) is 14.6. The van der Waals surface area contributed by atoms with Crippen LogP contribution in [-0.2, 0) is 32.7 Å². The Morgan fingerprint density at radius 2 is 0.844 bits per heavy atom. The van der Waals surface area contributed by atoms with Crippen molar-refractivity contribution in [3.8, 4) is 0 Å². The standard InChI is InChI=1S/C53H95O10P/c1-3-5-7-9-11-13-15-17-19-21-23-24-25-27-29-31-33-35-37-39-41-43-45-53(57)63-51(49-62-64(58,59)61-47-50(55)46-54)48-60-52(56)44-42-40-38-36-34-32-30-28-26-22-20-18-16-14-12-10-8-6-4-2/h12,14,18,20,26,28,32,34,38,40,50-51,54-55H,3-11,13,15-17,19,21-25,27,29-31,33,35-37,39,41-49H2,1-2H3,(H,58,59)/b14-12+,20-18+,28-26+,34-32+,40-38+/t50-,51+/m0/s1. The van der Waals surface area contributed by atoms with Gasteiger partial charge in [0.2, 0.25) is 0 Å². The number of hydrogen-bond donors (Lipinski definition) is 3. The number of unbranched alkanes of at least 4 members (excludes halogenated alkanes) is 24. The first-order chi connectivity index (χ1) is 31.2. The number of aliphatic hydroxyl groups excluding tert-OH is 2. The number of phosphoric acid groups is 1. The van der Waals surface area contributed by atoms with E-state index < -0.39 is 51.8 Å². The Bertz CT molecular complexity index is 1250. The minimum atomic E-state index is -4.64. The molecule has 0 saturated carbocycles. The van der Waals surface area contributed by atoms with Crippen molar-refractivity contribution in [2.24, 2.45) is 0 Å². The molecule has 0 saturated heterocycles. The van der Waals surface area contributed by atoms with Crippen LogP contribution < -0.4 is 0 Å². The molecule has 0 aliphatic rings. The van der Waals surface area contributed by atoms with Crippen LogP contribution in [0, 0.1) is 0 Å². The van der Waals surface area contributed by atoms with Crippen LogP contribution in [0.15, 0.2) is 60.8 Å². The summed E-state index contributed by atoms with van der Waals surface area (Å²) in [5.74, 6) is -1.01. The van der Waals surface area contributed by atoms with Crippen molar-refractivity contribution in [3.63, 3.8) is 0 Å². The Labute approximate surface area is 391 Å². The third kappa shape index (κ3) is 47.6. The maximum Gasteiger partial charge on any atom is 0.472 e. The van der Waals surface area contributed by atoms with Crippen LogP contribution in [0.2, 0.25) is 0 Å². The van der Waals surface area contributed by atoms with Gasteiger partial charge in [0.15, 0.2) is 6.10 Å². The summed E-state index contributed by atoms with van der Waals surface area (Å²) in [6, 6.07) is 0. The Morgan fingerprint density at radius 1 is 0.469 bits per heavy atom. The molecule has 0 fully saturated rings. The van der Waals surface area contributed by atoms with E-state index in [0.29, 0.717) is 12.8 Å². The lowest BCUT2D eigenvalue weighted by atomic mass is 10.0. The van der Waals surface area contributed by atoms with Crippen molar-refractivity contribution in [3.05, 3.63) is 60.8 Å². The molecule has 0 heterocycles. The number of hydrogen-bond acceptors (Lipinski definition) is 9. The van der Waals surface area contributed by atoms with Crippen molar-refractivity contribution < 1.29 is 47.8 Å². The second kappa shape index (κ2) is 48.6. The van der Waals surface area contributed by atoms with Gasteiger partial charge in [-0.25, -0.2) is 4.57 Å². The molecule has 0 amide bonds. The van der Waals surface area contributed by atoms with E-state index in [0.717, 1.165) is 44.9 Å². The summed E-state index contributed by atoms with van der Waals surface area (Å²) in [4.78, 5) is 35.1. The summed E-state index contributed by atoms with van der Waals surface area (Å²) in [5, 5.41) is 18.4. The van der Waals surface area contributed by atoms with Gasteiger partial charge in [0.05, 0.1) is 19.8 Å². The lowest BCUT2D eigenvalue weighted by Crippen LogP contribution is -2.29. The van der Waals surface area contributed by atoms with Crippen molar-refractivity contribution >= 4 is 19.8 Å². The van der Waals surface area contributed by atoms with E-state index in [1.807, 2.05) is 12.2 Å². The molecule has 0 aliphatic carbocycles. The van der Waals surface area contributed by atoms with E-state index in [-0.39, 0.29) is 19.4 Å². The number of allylic oxidation sites excluding steroid dienone is 10. The minimum Gasteiger partial charge on any atom is -0.462 e. The number of phosphoric ester groups is 1. The molecule has 64 heavy (non-hydrogen) atoms. The molecule has 0 radical (unpaired) electrons. The molecule has 0 aromatic rings. The van der Waals surface area contributed by atoms with E-state index in [1.165, 1.54) is 141 Å². The molecule has 1 unspecified atom stereocenters. The van der Waals surface area contributed by atoms with Crippen molar-refractivity contribution in [1.29, 1.82) is 0 Å². The van der Waals surface area contributed by atoms with Gasteiger partial charge in [-0.1, -0.05) is 222 Å². The molecular weight excluding hydrogens is 828 g/mol. The van der Waals surface area contributed by atoms with Gasteiger partial charge >= 0.3 is 19.8 Å². The van der Waals surface area contributed by atoms with Crippen molar-refractivity contribution in [2.75, 3.05) is 26.4 Å². The van der Waals surface area contributed by atoms with Gasteiger partial charge in [0.1, 0.15) is 12.7 Å².